The lowest BCUT2D eigenvalue weighted by molar-refractivity contribution is -0.130. The van der Waals surface area contributed by atoms with Crippen LogP contribution in [-0.4, -0.2) is 16.1 Å². The summed E-state index contributed by atoms with van der Waals surface area (Å²) in [6.45, 7) is 4.73. The van der Waals surface area contributed by atoms with Crippen molar-refractivity contribution in [1.29, 1.82) is 0 Å². The summed E-state index contributed by atoms with van der Waals surface area (Å²) in [6, 6.07) is 0. The van der Waals surface area contributed by atoms with Gasteiger partial charge in [-0.3, -0.25) is 4.11 Å². The standard InChI is InChI=1S/C4H7FO2Si/c1-3(2)4(6)7-8-5/h1,8H2,2H3. The molecule has 0 bridgehead atoms. The largest absolute Gasteiger partial charge is 0.492 e. The van der Waals surface area contributed by atoms with Crippen LogP contribution in [0.5, 0.6) is 0 Å². The smallest absolute Gasteiger partial charge is 0.411 e. The van der Waals surface area contributed by atoms with Crippen LogP contribution in [0.1, 0.15) is 6.92 Å². The molecule has 0 aromatic rings. The maximum absolute atomic E-state index is 11.3. The number of halogens is 1. The average molecular weight is 134 g/mol. The summed E-state index contributed by atoms with van der Waals surface area (Å²) < 4.78 is 15.3. The highest BCUT2D eigenvalue weighted by Gasteiger charge is 1.99. The fraction of sp³-hybridized carbons (Fsp3) is 0.250. The van der Waals surface area contributed by atoms with Gasteiger partial charge in [-0.25, -0.2) is 4.79 Å². The van der Waals surface area contributed by atoms with Crippen molar-refractivity contribution >= 4 is 16.1 Å². The van der Waals surface area contributed by atoms with Gasteiger partial charge in [0, 0.05) is 5.57 Å². The van der Waals surface area contributed by atoms with Crippen molar-refractivity contribution in [3.63, 3.8) is 0 Å². The molecule has 0 unspecified atom stereocenters. The highest BCUT2D eigenvalue weighted by molar-refractivity contribution is 6.22. The minimum Gasteiger partial charge on any atom is -0.492 e. The highest BCUT2D eigenvalue weighted by Crippen LogP contribution is 1.89. The molecule has 0 saturated carbocycles. The van der Waals surface area contributed by atoms with Crippen molar-refractivity contribution < 1.29 is 13.3 Å². The Bertz CT molecular complexity index is 113. The lowest BCUT2D eigenvalue weighted by atomic mass is 10.4. The lowest BCUT2D eigenvalue weighted by Gasteiger charge is -1.95. The van der Waals surface area contributed by atoms with Crippen molar-refractivity contribution in [1.82, 2.24) is 0 Å². The van der Waals surface area contributed by atoms with Gasteiger partial charge in [0.05, 0.1) is 0 Å². The van der Waals surface area contributed by atoms with Gasteiger partial charge in [-0.05, 0) is 6.92 Å². The van der Waals surface area contributed by atoms with Gasteiger partial charge in [0.1, 0.15) is 0 Å². The molecule has 0 fully saturated rings. The molecule has 0 amide bonds. The van der Waals surface area contributed by atoms with Gasteiger partial charge in [0.25, 0.3) is 0 Å². The summed E-state index contributed by atoms with van der Waals surface area (Å²) in [5.74, 6) is -0.626. The molecule has 0 spiro atoms. The molecule has 0 aliphatic rings. The minimum atomic E-state index is -2.09. The van der Waals surface area contributed by atoms with Crippen molar-refractivity contribution in [2.45, 2.75) is 6.92 Å². The zero-order valence-corrected chi connectivity index (χ0v) is 6.02. The van der Waals surface area contributed by atoms with E-state index in [1.807, 2.05) is 0 Å². The Labute approximate surface area is 49.5 Å². The van der Waals surface area contributed by atoms with Crippen LogP contribution < -0.4 is 0 Å². The van der Waals surface area contributed by atoms with E-state index in [1.165, 1.54) is 6.92 Å². The highest BCUT2D eigenvalue weighted by atomic mass is 28.3. The second-order valence-corrected chi connectivity index (χ2v) is 1.83. The lowest BCUT2D eigenvalue weighted by Crippen LogP contribution is -2.05. The van der Waals surface area contributed by atoms with E-state index in [0.29, 0.717) is 0 Å². The van der Waals surface area contributed by atoms with Gasteiger partial charge < -0.3 is 4.43 Å². The minimum absolute atomic E-state index is 0.246. The van der Waals surface area contributed by atoms with E-state index >= 15 is 0 Å². The molecular formula is C4H7FO2Si. The van der Waals surface area contributed by atoms with Crippen LogP contribution in [0.2, 0.25) is 0 Å². The molecule has 0 aliphatic heterocycles. The van der Waals surface area contributed by atoms with Crippen molar-refractivity contribution in [2.75, 3.05) is 0 Å². The molecule has 0 radical (unpaired) electrons. The van der Waals surface area contributed by atoms with Crippen molar-refractivity contribution in [3.8, 4) is 0 Å². The van der Waals surface area contributed by atoms with Gasteiger partial charge in [0.15, 0.2) is 0 Å². The van der Waals surface area contributed by atoms with Crippen LogP contribution >= 0.6 is 0 Å². The summed E-state index contributed by atoms with van der Waals surface area (Å²) in [7, 11) is -2.09. The Morgan fingerprint density at radius 3 is 2.50 bits per heavy atom. The van der Waals surface area contributed by atoms with E-state index in [4.69, 9.17) is 0 Å². The van der Waals surface area contributed by atoms with Crippen LogP contribution in [0.4, 0.5) is 4.11 Å². The molecule has 0 saturated heterocycles. The first kappa shape index (κ1) is 7.36. The van der Waals surface area contributed by atoms with Gasteiger partial charge in [-0.15, -0.1) is 0 Å². The number of carbonyl (C=O) groups excluding carboxylic acids is 1. The first-order valence-electron chi connectivity index (χ1n) is 2.07. The molecule has 0 heterocycles. The number of hydrogen-bond acceptors (Lipinski definition) is 2. The number of hydrogen-bond donors (Lipinski definition) is 0. The Morgan fingerprint density at radius 1 is 1.88 bits per heavy atom. The first-order chi connectivity index (χ1) is 3.68. The maximum Gasteiger partial charge on any atom is 0.411 e. The molecule has 0 N–H and O–H groups in total. The third-order valence-electron chi connectivity index (χ3n) is 0.534. The number of rotatable bonds is 2. The SMILES string of the molecule is C=C(C)C(=O)O[SiH2]F. The molecular weight excluding hydrogens is 127 g/mol. The Morgan fingerprint density at radius 2 is 2.38 bits per heavy atom. The van der Waals surface area contributed by atoms with Crippen molar-refractivity contribution in [2.24, 2.45) is 0 Å². The predicted octanol–water partition coefficient (Wildman–Crippen LogP) is 0.0740. The number of carbonyl (C=O) groups is 1. The average Bonchev–Trinajstić information content (AvgIpc) is 1.67. The zero-order chi connectivity index (χ0) is 6.57. The Kier molecular flexibility index (Phi) is 3.10. The fourth-order valence-electron chi connectivity index (χ4n) is 0.173. The Balaban J connectivity index is 3.49. The topological polar surface area (TPSA) is 26.3 Å². The molecule has 46 valence electrons. The van der Waals surface area contributed by atoms with Crippen molar-refractivity contribution in [3.05, 3.63) is 12.2 Å². The third-order valence-corrected chi connectivity index (χ3v) is 0.905. The first-order valence-corrected chi connectivity index (χ1v) is 3.18. The molecule has 0 aromatic carbocycles. The molecule has 0 aliphatic carbocycles. The monoisotopic (exact) mass is 134 g/mol. The van der Waals surface area contributed by atoms with Gasteiger partial charge in [-0.1, -0.05) is 6.58 Å². The normalized spacial score (nSPS) is 9.75. The quantitative estimate of drug-likeness (QED) is 0.303. The second-order valence-electron chi connectivity index (χ2n) is 1.32. The molecule has 0 atom stereocenters. The summed E-state index contributed by atoms with van der Waals surface area (Å²) >= 11 is 0. The summed E-state index contributed by atoms with van der Waals surface area (Å²) in [4.78, 5) is 10.2. The van der Waals surface area contributed by atoms with E-state index < -0.39 is 16.1 Å². The molecule has 0 rings (SSSR count). The fourth-order valence-corrected chi connectivity index (χ4v) is 0.518. The predicted molar refractivity (Wildman–Crippen MR) is 30.6 cm³/mol. The molecule has 2 nitrogen and oxygen atoms in total. The summed E-state index contributed by atoms with van der Waals surface area (Å²) in [5, 5.41) is 0. The van der Waals surface area contributed by atoms with E-state index in [1.54, 1.807) is 0 Å². The van der Waals surface area contributed by atoms with Crippen LogP contribution in [0.3, 0.4) is 0 Å². The molecule has 4 heteroatoms. The molecule has 0 aromatic heterocycles. The maximum atomic E-state index is 11.3. The zero-order valence-electron chi connectivity index (χ0n) is 4.61. The van der Waals surface area contributed by atoms with E-state index in [2.05, 4.69) is 11.0 Å². The van der Waals surface area contributed by atoms with E-state index in [-0.39, 0.29) is 5.57 Å². The summed E-state index contributed by atoms with van der Waals surface area (Å²) in [6.07, 6.45) is 0. The molecule has 8 heavy (non-hydrogen) atoms. The van der Waals surface area contributed by atoms with E-state index in [9.17, 15) is 8.90 Å². The Hall–Kier alpha value is -0.643. The van der Waals surface area contributed by atoms with Gasteiger partial charge in [0.2, 0.25) is 0 Å². The summed E-state index contributed by atoms with van der Waals surface area (Å²) in [5.41, 5.74) is 0.246. The van der Waals surface area contributed by atoms with Gasteiger partial charge >= 0.3 is 16.1 Å². The second kappa shape index (κ2) is 3.37. The third kappa shape index (κ3) is 2.52. The van der Waals surface area contributed by atoms with Crippen LogP contribution in [0, 0.1) is 0 Å². The van der Waals surface area contributed by atoms with Crippen LogP contribution in [-0.2, 0) is 9.22 Å². The van der Waals surface area contributed by atoms with Crippen LogP contribution in [0.15, 0.2) is 12.2 Å². The van der Waals surface area contributed by atoms with E-state index in [0.717, 1.165) is 0 Å². The van der Waals surface area contributed by atoms with Crippen LogP contribution in [0.25, 0.3) is 0 Å². The van der Waals surface area contributed by atoms with Gasteiger partial charge in [-0.2, -0.15) is 0 Å².